The van der Waals surface area contributed by atoms with E-state index < -0.39 is 22.6 Å². The van der Waals surface area contributed by atoms with E-state index in [1.165, 1.54) is 0 Å². The Balaban J connectivity index is 1.52. The number of benzene rings is 2. The van der Waals surface area contributed by atoms with Crippen molar-refractivity contribution < 1.29 is 24.2 Å². The van der Waals surface area contributed by atoms with Crippen LogP contribution in [0.2, 0.25) is 5.02 Å². The number of unbranched alkanes of at least 4 members (excludes halogenated alkanes) is 1. The first kappa shape index (κ1) is 32.1. The fourth-order valence-electron chi connectivity index (χ4n) is 7.09. The lowest BCUT2D eigenvalue weighted by molar-refractivity contribution is -0.139. The van der Waals surface area contributed by atoms with Crippen molar-refractivity contribution in [3.05, 3.63) is 78.9 Å². The Labute approximate surface area is 268 Å². The zero-order valence-electron chi connectivity index (χ0n) is 25.1. The number of hydrogen-bond acceptors (Lipinski definition) is 6. The van der Waals surface area contributed by atoms with E-state index in [2.05, 4.69) is 13.2 Å². The maximum absolute atomic E-state index is 14.6. The van der Waals surface area contributed by atoms with Crippen molar-refractivity contribution in [1.29, 1.82) is 0 Å². The maximum atomic E-state index is 14.6. The van der Waals surface area contributed by atoms with Crippen LogP contribution in [0.3, 0.4) is 0 Å². The number of anilines is 2. The number of hydrogen-bond donors (Lipinski definition) is 1. The van der Waals surface area contributed by atoms with Gasteiger partial charge in [0, 0.05) is 47.9 Å². The Bertz CT molecular complexity index is 1390. The topological polar surface area (TPSA) is 90.4 Å². The molecular formula is C34H40ClN3O5S. The molecule has 3 saturated heterocycles. The first-order valence-electron chi connectivity index (χ1n) is 15.2. The summed E-state index contributed by atoms with van der Waals surface area (Å²) in [6, 6.07) is 13.7. The second-order valence-corrected chi connectivity index (χ2v) is 13.4. The van der Waals surface area contributed by atoms with E-state index >= 15 is 0 Å². The van der Waals surface area contributed by atoms with Crippen LogP contribution in [-0.2, 0) is 14.4 Å². The Morgan fingerprint density at radius 1 is 1.05 bits per heavy atom. The van der Waals surface area contributed by atoms with Gasteiger partial charge in [-0.05, 0) is 81.1 Å². The number of fused-ring (bicyclic) bond motifs is 1. The molecule has 3 fully saturated rings. The number of aliphatic hydroxyl groups is 1. The number of thioether (sulfide) groups is 1. The second kappa shape index (κ2) is 13.8. The summed E-state index contributed by atoms with van der Waals surface area (Å²) in [6.45, 7) is 11.1. The van der Waals surface area contributed by atoms with Crippen molar-refractivity contribution in [3.8, 4) is 5.75 Å². The van der Waals surface area contributed by atoms with Crippen LogP contribution in [-0.4, -0.2) is 76.6 Å². The van der Waals surface area contributed by atoms with Gasteiger partial charge in [0.05, 0.1) is 23.2 Å². The zero-order valence-corrected chi connectivity index (χ0v) is 26.6. The van der Waals surface area contributed by atoms with Crippen molar-refractivity contribution in [2.75, 3.05) is 42.6 Å². The Hall–Kier alpha value is -3.27. The van der Waals surface area contributed by atoms with E-state index in [0.717, 1.165) is 6.42 Å². The third-order valence-corrected chi connectivity index (χ3v) is 11.1. The van der Waals surface area contributed by atoms with Gasteiger partial charge in [0.15, 0.2) is 0 Å². The van der Waals surface area contributed by atoms with Crippen molar-refractivity contribution in [2.45, 2.75) is 48.6 Å². The van der Waals surface area contributed by atoms with Crippen molar-refractivity contribution in [3.63, 3.8) is 0 Å². The molecule has 3 aliphatic rings. The van der Waals surface area contributed by atoms with E-state index in [1.54, 1.807) is 62.9 Å². The molecule has 2 aromatic carbocycles. The van der Waals surface area contributed by atoms with Crippen LogP contribution < -0.4 is 14.5 Å². The summed E-state index contributed by atoms with van der Waals surface area (Å²) in [7, 11) is 0. The first-order chi connectivity index (χ1) is 21.3. The second-order valence-electron chi connectivity index (χ2n) is 11.4. The Kier molecular flexibility index (Phi) is 10.1. The number of halogens is 1. The van der Waals surface area contributed by atoms with Crippen LogP contribution in [0.4, 0.5) is 11.4 Å². The van der Waals surface area contributed by atoms with Gasteiger partial charge < -0.3 is 24.5 Å². The monoisotopic (exact) mass is 637 g/mol. The van der Waals surface area contributed by atoms with Crippen molar-refractivity contribution in [1.82, 2.24) is 4.90 Å². The zero-order chi connectivity index (χ0) is 31.4. The molecule has 1 spiro atoms. The molecule has 44 heavy (non-hydrogen) atoms. The smallest absolute Gasteiger partial charge is 0.251 e. The van der Waals surface area contributed by atoms with Gasteiger partial charge in [0.1, 0.15) is 11.8 Å². The molecule has 2 bridgehead atoms. The number of aliphatic hydroxyl groups excluding tert-OH is 1. The van der Waals surface area contributed by atoms with E-state index in [1.807, 2.05) is 31.2 Å². The lowest BCUT2D eigenvalue weighted by atomic mass is 9.70. The maximum Gasteiger partial charge on any atom is 0.251 e. The minimum atomic E-state index is -0.750. The average molecular weight is 638 g/mol. The standard InChI is InChI=1S/C34H40ClN3O5S/c1-4-19-36(25-13-15-26(16-14-25)43-6-3)31(40)28-27-17-18-34(44-27)29(28)32(41)38(21-7-8-22-39)30(34)33(42)37(20-5-2)24-11-9-23(35)10-12-24/h4-5,9-16,27-30,39H,1-2,6-8,17-22H2,3H3/t27-,28+,29+,30?,34?/m1/s1. The fourth-order valence-corrected chi connectivity index (χ4v) is 9.42. The highest BCUT2D eigenvalue weighted by Gasteiger charge is 2.74. The normalized spacial score (nSPS) is 25.1. The van der Waals surface area contributed by atoms with Crippen molar-refractivity contribution in [2.24, 2.45) is 11.8 Å². The van der Waals surface area contributed by atoms with Crippen molar-refractivity contribution >= 4 is 52.5 Å². The van der Waals surface area contributed by atoms with Gasteiger partial charge in [0.2, 0.25) is 11.8 Å². The summed E-state index contributed by atoms with van der Waals surface area (Å²) in [6.07, 6.45) is 5.84. The molecule has 0 aliphatic carbocycles. The molecule has 0 radical (unpaired) electrons. The van der Waals surface area contributed by atoms with Gasteiger partial charge in [-0.15, -0.1) is 24.9 Å². The van der Waals surface area contributed by atoms with E-state index in [4.69, 9.17) is 16.3 Å². The fraction of sp³-hybridized carbons (Fsp3) is 0.441. The SMILES string of the molecule is C=CCN(C(=O)C1N(CCCCO)C(=O)[C@@H]2[C@@H](C(=O)N(CC=C)c3ccc(OCC)cc3)[C@H]3CCC12S3)c1ccc(Cl)cc1. The lowest BCUT2D eigenvalue weighted by Gasteiger charge is -2.37. The number of amides is 3. The molecule has 5 atom stereocenters. The molecule has 1 N–H and O–H groups in total. The molecule has 234 valence electrons. The molecule has 8 nitrogen and oxygen atoms in total. The number of carbonyl (C=O) groups is 3. The highest BCUT2D eigenvalue weighted by atomic mass is 35.5. The highest BCUT2D eigenvalue weighted by molar-refractivity contribution is 8.02. The molecular weight excluding hydrogens is 598 g/mol. The van der Waals surface area contributed by atoms with Gasteiger partial charge in [-0.1, -0.05) is 23.8 Å². The van der Waals surface area contributed by atoms with E-state index in [9.17, 15) is 19.5 Å². The van der Waals surface area contributed by atoms with Gasteiger partial charge in [-0.2, -0.15) is 0 Å². The quantitative estimate of drug-likeness (QED) is 0.222. The number of likely N-dealkylation sites (tertiary alicyclic amines) is 1. The molecule has 0 aromatic heterocycles. The predicted octanol–water partition coefficient (Wildman–Crippen LogP) is 5.34. The Morgan fingerprint density at radius 2 is 1.66 bits per heavy atom. The highest BCUT2D eigenvalue weighted by Crippen LogP contribution is 2.67. The first-order valence-corrected chi connectivity index (χ1v) is 16.5. The minimum absolute atomic E-state index is 0.000880. The summed E-state index contributed by atoms with van der Waals surface area (Å²) in [4.78, 5) is 48.6. The summed E-state index contributed by atoms with van der Waals surface area (Å²) >= 11 is 7.79. The third-order valence-electron chi connectivity index (χ3n) is 8.88. The van der Waals surface area contributed by atoms with Gasteiger partial charge in [-0.3, -0.25) is 14.4 Å². The molecule has 2 aromatic rings. The molecule has 3 heterocycles. The van der Waals surface area contributed by atoms with Crippen LogP contribution in [0.15, 0.2) is 73.8 Å². The Morgan fingerprint density at radius 3 is 2.25 bits per heavy atom. The van der Waals surface area contributed by atoms with E-state index in [-0.39, 0.29) is 36.1 Å². The van der Waals surface area contributed by atoms with Crippen LogP contribution in [0.25, 0.3) is 0 Å². The molecule has 2 unspecified atom stereocenters. The molecule has 5 rings (SSSR count). The largest absolute Gasteiger partial charge is 0.494 e. The van der Waals surface area contributed by atoms with Crippen LogP contribution in [0.5, 0.6) is 5.75 Å². The van der Waals surface area contributed by atoms with Crippen LogP contribution in [0.1, 0.15) is 32.6 Å². The van der Waals surface area contributed by atoms with Gasteiger partial charge in [-0.25, -0.2) is 0 Å². The summed E-state index contributed by atoms with van der Waals surface area (Å²) in [5.41, 5.74) is 1.37. The number of nitrogens with zero attached hydrogens (tertiary/aromatic N) is 3. The molecule has 3 amide bonds. The predicted molar refractivity (Wildman–Crippen MR) is 176 cm³/mol. The summed E-state index contributed by atoms with van der Waals surface area (Å²) in [5, 5.41) is 9.97. The number of ether oxygens (including phenoxy) is 1. The molecule has 10 heteroatoms. The molecule has 0 saturated carbocycles. The minimum Gasteiger partial charge on any atom is -0.494 e. The van der Waals surface area contributed by atoms with Crippen LogP contribution >= 0.6 is 23.4 Å². The lowest BCUT2D eigenvalue weighted by Crippen LogP contribution is -2.55. The van der Waals surface area contributed by atoms with Gasteiger partial charge >= 0.3 is 0 Å². The number of carbonyl (C=O) groups excluding carboxylic acids is 3. The number of rotatable bonds is 14. The van der Waals surface area contributed by atoms with Crippen LogP contribution in [0, 0.1) is 11.8 Å². The van der Waals surface area contributed by atoms with Gasteiger partial charge in [0.25, 0.3) is 5.91 Å². The third kappa shape index (κ3) is 5.77. The summed E-state index contributed by atoms with van der Waals surface area (Å²) < 4.78 is 4.86. The summed E-state index contributed by atoms with van der Waals surface area (Å²) in [5.74, 6) is -0.971. The van der Waals surface area contributed by atoms with E-state index in [0.29, 0.717) is 61.1 Å². The molecule has 3 aliphatic heterocycles. The average Bonchev–Trinajstić information content (AvgIpc) is 3.67.